The van der Waals surface area contributed by atoms with Crippen LogP contribution in [0.2, 0.25) is 0 Å². The summed E-state index contributed by atoms with van der Waals surface area (Å²) in [6.45, 7) is 4.18. The number of rotatable bonds is 3. The quantitative estimate of drug-likeness (QED) is 0.795. The molecule has 0 aliphatic carbocycles. The summed E-state index contributed by atoms with van der Waals surface area (Å²) in [5.74, 6) is 1.55. The van der Waals surface area contributed by atoms with E-state index in [1.54, 1.807) is 7.11 Å². The number of methoxy groups -OCH3 is 1. The van der Waals surface area contributed by atoms with Crippen molar-refractivity contribution in [1.29, 1.82) is 0 Å². The first-order valence-corrected chi connectivity index (χ1v) is 8.48. The van der Waals surface area contributed by atoms with E-state index in [1.807, 2.05) is 13.0 Å². The lowest BCUT2D eigenvalue weighted by Crippen LogP contribution is -2.35. The number of aromatic nitrogens is 3. The summed E-state index contributed by atoms with van der Waals surface area (Å²) in [6, 6.07) is 6.15. The van der Waals surface area contributed by atoms with Gasteiger partial charge in [0.1, 0.15) is 11.6 Å². The van der Waals surface area contributed by atoms with Gasteiger partial charge >= 0.3 is 0 Å². The first-order valence-electron chi connectivity index (χ1n) is 8.48. The van der Waals surface area contributed by atoms with Crippen molar-refractivity contribution in [3.05, 3.63) is 57.4 Å². The molecule has 3 aromatic rings. The molecule has 0 bridgehead atoms. The average molecular weight is 338 g/mol. The average Bonchev–Trinajstić information content (AvgIpc) is 2.90. The number of nitrogens with one attached hydrogen (secondary N) is 1. The minimum atomic E-state index is -0.00760. The molecular weight excluding hydrogens is 316 g/mol. The SMILES string of the molecule is COc1ccc2c(c1)c(CN1CCc3nc(C)[nH]c(=O)c3C1)cn2C. The molecule has 25 heavy (non-hydrogen) atoms. The highest BCUT2D eigenvalue weighted by molar-refractivity contribution is 5.85. The molecule has 0 spiro atoms. The summed E-state index contributed by atoms with van der Waals surface area (Å²) in [4.78, 5) is 21.9. The number of aryl methyl sites for hydroxylation is 2. The second-order valence-corrected chi connectivity index (χ2v) is 6.69. The van der Waals surface area contributed by atoms with Crippen molar-refractivity contribution in [2.75, 3.05) is 13.7 Å². The molecule has 1 aliphatic heterocycles. The Morgan fingerprint density at radius 3 is 3.00 bits per heavy atom. The maximum absolute atomic E-state index is 12.2. The van der Waals surface area contributed by atoms with Crippen molar-refractivity contribution >= 4 is 10.9 Å². The molecule has 0 atom stereocenters. The molecule has 0 radical (unpaired) electrons. The molecule has 3 heterocycles. The Morgan fingerprint density at radius 2 is 2.20 bits per heavy atom. The van der Waals surface area contributed by atoms with Crippen molar-refractivity contribution in [3.8, 4) is 5.75 Å². The van der Waals surface area contributed by atoms with Crippen LogP contribution in [-0.4, -0.2) is 33.1 Å². The van der Waals surface area contributed by atoms with Gasteiger partial charge in [0.05, 0.1) is 18.4 Å². The number of H-pyrrole nitrogens is 1. The zero-order valence-electron chi connectivity index (χ0n) is 14.8. The molecule has 4 rings (SSSR count). The third-order valence-corrected chi connectivity index (χ3v) is 4.94. The third-order valence-electron chi connectivity index (χ3n) is 4.94. The molecule has 2 aromatic heterocycles. The Hall–Kier alpha value is -2.60. The van der Waals surface area contributed by atoms with Gasteiger partial charge in [0.25, 0.3) is 5.56 Å². The molecule has 0 saturated carbocycles. The molecule has 6 heteroatoms. The van der Waals surface area contributed by atoms with E-state index in [4.69, 9.17) is 4.74 Å². The second kappa shape index (κ2) is 6.04. The largest absolute Gasteiger partial charge is 0.497 e. The monoisotopic (exact) mass is 338 g/mol. The topological polar surface area (TPSA) is 63.1 Å². The van der Waals surface area contributed by atoms with E-state index in [2.05, 4.69) is 44.8 Å². The number of aromatic amines is 1. The molecule has 1 aliphatic rings. The summed E-state index contributed by atoms with van der Waals surface area (Å²) in [5, 5.41) is 1.20. The van der Waals surface area contributed by atoms with Gasteiger partial charge in [-0.15, -0.1) is 0 Å². The van der Waals surface area contributed by atoms with Crippen molar-refractivity contribution < 1.29 is 4.74 Å². The first-order chi connectivity index (χ1) is 12.0. The van der Waals surface area contributed by atoms with Crippen LogP contribution in [0.3, 0.4) is 0 Å². The summed E-state index contributed by atoms with van der Waals surface area (Å²) in [7, 11) is 3.74. The number of hydrogen-bond donors (Lipinski definition) is 1. The van der Waals surface area contributed by atoms with E-state index in [0.717, 1.165) is 36.5 Å². The molecule has 6 nitrogen and oxygen atoms in total. The fourth-order valence-electron chi connectivity index (χ4n) is 3.69. The highest BCUT2D eigenvalue weighted by Gasteiger charge is 2.21. The van der Waals surface area contributed by atoms with Crippen LogP contribution in [0.1, 0.15) is 22.6 Å². The van der Waals surface area contributed by atoms with Crippen molar-refractivity contribution in [1.82, 2.24) is 19.4 Å². The normalized spacial score (nSPS) is 14.7. The van der Waals surface area contributed by atoms with Crippen molar-refractivity contribution in [2.45, 2.75) is 26.4 Å². The van der Waals surface area contributed by atoms with Crippen LogP contribution in [0.15, 0.2) is 29.2 Å². The van der Waals surface area contributed by atoms with Crippen LogP contribution in [0, 0.1) is 6.92 Å². The van der Waals surface area contributed by atoms with E-state index < -0.39 is 0 Å². The standard InChI is InChI=1S/C19H22N4O2/c1-12-20-17-6-7-23(11-16(17)19(24)21-12)10-13-9-22(2)18-5-4-14(25-3)8-15(13)18/h4-5,8-9H,6-7,10-11H2,1-3H3,(H,20,21,24). The van der Waals surface area contributed by atoms with E-state index in [1.165, 1.54) is 16.5 Å². The lowest BCUT2D eigenvalue weighted by Gasteiger charge is -2.27. The predicted octanol–water partition coefficient (Wildman–Crippen LogP) is 2.14. The molecule has 0 amide bonds. The Labute approximate surface area is 146 Å². The van der Waals surface area contributed by atoms with Crippen LogP contribution in [0.5, 0.6) is 5.75 Å². The predicted molar refractivity (Wildman–Crippen MR) is 96.9 cm³/mol. The number of nitrogens with zero attached hydrogens (tertiary/aromatic N) is 3. The summed E-state index contributed by atoms with van der Waals surface area (Å²) in [5.41, 5.74) is 4.17. The minimum absolute atomic E-state index is 0.00760. The van der Waals surface area contributed by atoms with Gasteiger partial charge in [-0.1, -0.05) is 0 Å². The lowest BCUT2D eigenvalue weighted by atomic mass is 10.1. The molecule has 1 N–H and O–H groups in total. The van der Waals surface area contributed by atoms with Gasteiger partial charge in [-0.2, -0.15) is 0 Å². The first kappa shape index (κ1) is 15.9. The Bertz CT molecular complexity index is 1000. The molecule has 0 saturated heterocycles. The zero-order valence-corrected chi connectivity index (χ0v) is 14.8. The third kappa shape index (κ3) is 2.82. The zero-order chi connectivity index (χ0) is 17.6. The number of ether oxygens (including phenoxy) is 1. The lowest BCUT2D eigenvalue weighted by molar-refractivity contribution is 0.242. The highest BCUT2D eigenvalue weighted by Crippen LogP contribution is 2.27. The maximum Gasteiger partial charge on any atom is 0.255 e. The smallest absolute Gasteiger partial charge is 0.255 e. The van der Waals surface area contributed by atoms with E-state index in [9.17, 15) is 4.79 Å². The summed E-state index contributed by atoms with van der Waals surface area (Å²) >= 11 is 0. The number of hydrogen-bond acceptors (Lipinski definition) is 4. The summed E-state index contributed by atoms with van der Waals surface area (Å²) < 4.78 is 7.51. The van der Waals surface area contributed by atoms with Crippen LogP contribution in [0.4, 0.5) is 0 Å². The van der Waals surface area contributed by atoms with Gasteiger partial charge in [-0.25, -0.2) is 4.98 Å². The van der Waals surface area contributed by atoms with Crippen molar-refractivity contribution in [3.63, 3.8) is 0 Å². The van der Waals surface area contributed by atoms with E-state index in [0.29, 0.717) is 12.4 Å². The van der Waals surface area contributed by atoms with Gasteiger partial charge < -0.3 is 14.3 Å². The van der Waals surface area contributed by atoms with Gasteiger partial charge in [-0.3, -0.25) is 9.69 Å². The fourth-order valence-corrected chi connectivity index (χ4v) is 3.69. The fraction of sp³-hybridized carbons (Fsp3) is 0.368. The number of benzene rings is 1. The molecule has 130 valence electrons. The number of fused-ring (bicyclic) bond motifs is 2. The van der Waals surface area contributed by atoms with Gasteiger partial charge in [0, 0.05) is 50.2 Å². The molecule has 0 fully saturated rings. The summed E-state index contributed by atoms with van der Waals surface area (Å²) in [6.07, 6.45) is 2.98. The molecule has 0 unspecified atom stereocenters. The maximum atomic E-state index is 12.2. The molecule has 1 aromatic carbocycles. The van der Waals surface area contributed by atoms with Crippen molar-refractivity contribution in [2.24, 2.45) is 7.05 Å². The molecular formula is C19H22N4O2. The van der Waals surface area contributed by atoms with Gasteiger partial charge in [0.2, 0.25) is 0 Å². The van der Waals surface area contributed by atoms with Crippen LogP contribution < -0.4 is 10.3 Å². The van der Waals surface area contributed by atoms with E-state index in [-0.39, 0.29) is 5.56 Å². The van der Waals surface area contributed by atoms with Crippen LogP contribution >= 0.6 is 0 Å². The van der Waals surface area contributed by atoms with Gasteiger partial charge in [0.15, 0.2) is 0 Å². The van der Waals surface area contributed by atoms with Gasteiger partial charge in [-0.05, 0) is 30.7 Å². The highest BCUT2D eigenvalue weighted by atomic mass is 16.5. The second-order valence-electron chi connectivity index (χ2n) is 6.69. The minimum Gasteiger partial charge on any atom is -0.497 e. The Kier molecular flexibility index (Phi) is 3.84. The Morgan fingerprint density at radius 1 is 1.36 bits per heavy atom. The Balaban J connectivity index is 1.65. The van der Waals surface area contributed by atoms with Crippen LogP contribution in [0.25, 0.3) is 10.9 Å². The van der Waals surface area contributed by atoms with E-state index >= 15 is 0 Å². The van der Waals surface area contributed by atoms with Crippen LogP contribution in [-0.2, 0) is 26.6 Å².